The molecule has 8 heteroatoms. The van der Waals surface area contributed by atoms with Gasteiger partial charge in [-0.05, 0) is 44.2 Å². The molecule has 0 aromatic carbocycles. The molecular weight excluding hydrogens is 364 g/mol. The zero-order valence-electron chi connectivity index (χ0n) is 16.8. The van der Waals surface area contributed by atoms with E-state index in [0.29, 0.717) is 31.6 Å². The third-order valence-corrected chi connectivity index (χ3v) is 8.61. The SMILES string of the molecule is Cn1nccc1CNCC1CC2(C1)CC(NC(=O)C(C)(C)C)CCS2(=O)=O. The van der Waals surface area contributed by atoms with Gasteiger partial charge in [-0.3, -0.25) is 9.48 Å². The molecule has 2 N–H and O–H groups in total. The van der Waals surface area contributed by atoms with Crippen molar-refractivity contribution in [1.29, 1.82) is 0 Å². The Balaban J connectivity index is 1.53. The van der Waals surface area contributed by atoms with E-state index in [1.165, 1.54) is 0 Å². The highest BCUT2D eigenvalue weighted by molar-refractivity contribution is 7.92. The molecule has 1 aliphatic carbocycles. The van der Waals surface area contributed by atoms with Gasteiger partial charge in [0, 0.05) is 31.2 Å². The fraction of sp³-hybridized carbons (Fsp3) is 0.789. The molecule has 1 amide bonds. The summed E-state index contributed by atoms with van der Waals surface area (Å²) in [5, 5.41) is 10.6. The van der Waals surface area contributed by atoms with Crippen LogP contribution in [0.15, 0.2) is 12.3 Å². The van der Waals surface area contributed by atoms with E-state index >= 15 is 0 Å². The number of nitrogens with one attached hydrogen (secondary N) is 2. The summed E-state index contributed by atoms with van der Waals surface area (Å²) in [4.78, 5) is 12.3. The van der Waals surface area contributed by atoms with Crippen LogP contribution in [0.3, 0.4) is 0 Å². The molecule has 1 atom stereocenters. The molecule has 1 aliphatic heterocycles. The monoisotopic (exact) mass is 396 g/mol. The molecule has 0 bridgehead atoms. The van der Waals surface area contributed by atoms with Crippen molar-refractivity contribution in [3.8, 4) is 0 Å². The van der Waals surface area contributed by atoms with Crippen molar-refractivity contribution in [2.24, 2.45) is 18.4 Å². The van der Waals surface area contributed by atoms with Crippen LogP contribution < -0.4 is 10.6 Å². The van der Waals surface area contributed by atoms with Crippen molar-refractivity contribution in [3.05, 3.63) is 18.0 Å². The lowest BCUT2D eigenvalue weighted by Gasteiger charge is -2.51. The van der Waals surface area contributed by atoms with Crippen LogP contribution in [-0.2, 0) is 28.2 Å². The van der Waals surface area contributed by atoms with Gasteiger partial charge in [-0.1, -0.05) is 20.8 Å². The van der Waals surface area contributed by atoms with Crippen LogP contribution in [0.1, 0.15) is 52.1 Å². The van der Waals surface area contributed by atoms with Crippen LogP contribution in [-0.4, -0.2) is 47.2 Å². The molecule has 1 spiro atoms. The average Bonchev–Trinajstić information content (AvgIpc) is 2.93. The Morgan fingerprint density at radius 1 is 1.33 bits per heavy atom. The van der Waals surface area contributed by atoms with Gasteiger partial charge in [0.1, 0.15) is 0 Å². The number of sulfone groups is 1. The van der Waals surface area contributed by atoms with Gasteiger partial charge >= 0.3 is 0 Å². The number of amides is 1. The summed E-state index contributed by atoms with van der Waals surface area (Å²) in [6, 6.07) is 1.94. The van der Waals surface area contributed by atoms with Crippen LogP contribution in [0.5, 0.6) is 0 Å². The van der Waals surface area contributed by atoms with Crippen molar-refractivity contribution in [3.63, 3.8) is 0 Å². The van der Waals surface area contributed by atoms with Crippen molar-refractivity contribution >= 4 is 15.7 Å². The molecule has 1 aromatic heterocycles. The zero-order chi connectivity index (χ0) is 19.9. The highest BCUT2D eigenvalue weighted by Crippen LogP contribution is 2.50. The molecule has 1 saturated heterocycles. The third-order valence-electron chi connectivity index (χ3n) is 6.01. The average molecular weight is 397 g/mol. The van der Waals surface area contributed by atoms with E-state index in [-0.39, 0.29) is 17.7 Å². The summed E-state index contributed by atoms with van der Waals surface area (Å²) in [6.07, 6.45) is 4.23. The van der Waals surface area contributed by atoms with Crippen molar-refractivity contribution in [2.45, 2.75) is 63.8 Å². The Labute approximate surface area is 162 Å². The largest absolute Gasteiger partial charge is 0.353 e. The van der Waals surface area contributed by atoms with Crippen molar-refractivity contribution < 1.29 is 13.2 Å². The maximum absolute atomic E-state index is 12.7. The summed E-state index contributed by atoms with van der Waals surface area (Å²) >= 11 is 0. The van der Waals surface area contributed by atoms with E-state index < -0.39 is 20.0 Å². The fourth-order valence-electron chi connectivity index (χ4n) is 4.25. The van der Waals surface area contributed by atoms with Gasteiger partial charge in [0.15, 0.2) is 9.84 Å². The maximum atomic E-state index is 12.7. The Kier molecular flexibility index (Phi) is 5.42. The number of aromatic nitrogens is 2. The fourth-order valence-corrected chi connectivity index (χ4v) is 6.72. The van der Waals surface area contributed by atoms with Crippen LogP contribution >= 0.6 is 0 Å². The second-order valence-corrected chi connectivity index (χ2v) is 11.8. The second kappa shape index (κ2) is 7.20. The van der Waals surface area contributed by atoms with Gasteiger partial charge in [0.05, 0.1) is 16.2 Å². The minimum absolute atomic E-state index is 0.00401. The minimum Gasteiger partial charge on any atom is -0.353 e. The van der Waals surface area contributed by atoms with Gasteiger partial charge in [-0.2, -0.15) is 5.10 Å². The first-order chi connectivity index (χ1) is 12.5. The zero-order valence-corrected chi connectivity index (χ0v) is 17.6. The first-order valence-electron chi connectivity index (χ1n) is 9.73. The second-order valence-electron chi connectivity index (χ2n) is 9.27. The van der Waals surface area contributed by atoms with Gasteiger partial charge in [-0.25, -0.2) is 8.42 Å². The van der Waals surface area contributed by atoms with Gasteiger partial charge in [-0.15, -0.1) is 0 Å². The third kappa shape index (κ3) is 4.21. The van der Waals surface area contributed by atoms with Crippen molar-refractivity contribution in [2.75, 3.05) is 12.3 Å². The summed E-state index contributed by atoms with van der Waals surface area (Å²) in [7, 11) is -1.18. The van der Waals surface area contributed by atoms with Crippen LogP contribution in [0.2, 0.25) is 0 Å². The molecule has 3 rings (SSSR count). The lowest BCUT2D eigenvalue weighted by molar-refractivity contribution is -0.129. The Morgan fingerprint density at radius 3 is 2.63 bits per heavy atom. The predicted octanol–water partition coefficient (Wildman–Crippen LogP) is 1.40. The first-order valence-corrected chi connectivity index (χ1v) is 11.4. The van der Waals surface area contributed by atoms with E-state index in [2.05, 4.69) is 15.7 Å². The number of hydrogen-bond donors (Lipinski definition) is 2. The molecule has 7 nitrogen and oxygen atoms in total. The van der Waals surface area contributed by atoms with E-state index in [4.69, 9.17) is 0 Å². The maximum Gasteiger partial charge on any atom is 0.225 e. The van der Waals surface area contributed by atoms with Crippen molar-refractivity contribution in [1.82, 2.24) is 20.4 Å². The molecule has 0 radical (unpaired) electrons. The summed E-state index contributed by atoms with van der Waals surface area (Å²) < 4.78 is 26.6. The molecule has 2 heterocycles. The van der Waals surface area contributed by atoms with E-state index in [1.807, 2.05) is 38.6 Å². The molecule has 27 heavy (non-hydrogen) atoms. The van der Waals surface area contributed by atoms with Crippen LogP contribution in [0.25, 0.3) is 0 Å². The summed E-state index contributed by atoms with van der Waals surface area (Å²) in [5.41, 5.74) is 0.653. The molecule has 1 saturated carbocycles. The highest BCUT2D eigenvalue weighted by Gasteiger charge is 2.56. The van der Waals surface area contributed by atoms with Gasteiger partial charge < -0.3 is 10.6 Å². The topological polar surface area (TPSA) is 93.1 Å². The first kappa shape index (κ1) is 20.3. The number of carbonyl (C=O) groups is 1. The molecule has 1 aromatic rings. The lowest BCUT2D eigenvalue weighted by Crippen LogP contribution is -2.60. The number of hydrogen-bond acceptors (Lipinski definition) is 5. The number of nitrogens with zero attached hydrogens (tertiary/aromatic N) is 2. The van der Waals surface area contributed by atoms with Crippen LogP contribution in [0.4, 0.5) is 0 Å². The smallest absolute Gasteiger partial charge is 0.225 e. The standard InChI is InChI=1S/C19H32N4O3S/c1-18(2,3)17(24)22-15-6-8-27(25,26)19(11-15)9-14(10-19)12-20-13-16-5-7-21-23(16)4/h5,7,14-15,20H,6,8-13H2,1-4H3,(H,22,24). The lowest BCUT2D eigenvalue weighted by atomic mass is 9.70. The molecule has 2 fully saturated rings. The van der Waals surface area contributed by atoms with E-state index in [1.54, 1.807) is 6.20 Å². The summed E-state index contributed by atoms with van der Waals surface area (Å²) in [6.45, 7) is 7.18. The number of aryl methyl sites for hydroxylation is 1. The van der Waals surface area contributed by atoms with Gasteiger partial charge in [0.2, 0.25) is 5.91 Å². The molecular formula is C19H32N4O3S. The highest BCUT2D eigenvalue weighted by atomic mass is 32.2. The Bertz CT molecular complexity index is 788. The molecule has 1 unspecified atom stereocenters. The predicted molar refractivity (Wildman–Crippen MR) is 105 cm³/mol. The molecule has 2 aliphatic rings. The summed E-state index contributed by atoms with van der Waals surface area (Å²) in [5.74, 6) is 0.540. The van der Waals surface area contributed by atoms with Gasteiger partial charge in [0.25, 0.3) is 0 Å². The quantitative estimate of drug-likeness (QED) is 0.785. The van der Waals surface area contributed by atoms with Crippen LogP contribution in [0, 0.1) is 11.3 Å². The number of rotatable bonds is 5. The van der Waals surface area contributed by atoms with E-state index in [0.717, 1.165) is 18.8 Å². The Morgan fingerprint density at radius 2 is 2.04 bits per heavy atom. The normalized spacial score (nSPS) is 30.1. The minimum atomic E-state index is -3.09. The number of carbonyl (C=O) groups excluding carboxylic acids is 1. The molecule has 152 valence electrons. The Hall–Kier alpha value is -1.41. The van der Waals surface area contributed by atoms with E-state index in [9.17, 15) is 13.2 Å².